The molecule has 2 heterocycles. The summed E-state index contributed by atoms with van der Waals surface area (Å²) in [5, 5.41) is 18.1. The van der Waals surface area contributed by atoms with E-state index in [0.717, 1.165) is 24.8 Å². The normalized spacial score (nSPS) is 19.9. The molecule has 1 saturated carbocycles. The summed E-state index contributed by atoms with van der Waals surface area (Å²) in [5.74, 6) is 2.07. The monoisotopic (exact) mass is 494 g/mol. The number of aliphatic imine (C=N–C) groups is 1. The van der Waals surface area contributed by atoms with Crippen molar-refractivity contribution < 1.29 is 4.92 Å². The number of nitro groups is 1. The zero-order chi connectivity index (χ0) is 17.7. The van der Waals surface area contributed by atoms with Crippen LogP contribution in [-0.4, -0.2) is 62.7 Å². The predicted molar refractivity (Wildman–Crippen MR) is 116 cm³/mol. The number of halogens is 1. The quantitative estimate of drug-likeness (QED) is 0.228. The second-order valence-corrected chi connectivity index (χ2v) is 8.27. The fourth-order valence-corrected chi connectivity index (χ4v) is 5.28. The molecule has 1 spiro atoms. The van der Waals surface area contributed by atoms with E-state index in [2.05, 4.69) is 32.1 Å². The Morgan fingerprint density at radius 3 is 2.88 bits per heavy atom. The number of hydrogen-bond acceptors (Lipinski definition) is 5. The summed E-state index contributed by atoms with van der Waals surface area (Å²) in [7, 11) is 1.82. The van der Waals surface area contributed by atoms with Crippen LogP contribution in [0.5, 0.6) is 0 Å². The Labute approximate surface area is 175 Å². The summed E-state index contributed by atoms with van der Waals surface area (Å²) in [6, 6.07) is 0. The Bertz CT molecular complexity index is 627. The number of nitrogens with zero attached hydrogens (tertiary/aromatic N) is 5. The first-order chi connectivity index (χ1) is 12.1. The molecular formula is C16H27IN6O2S. The van der Waals surface area contributed by atoms with Crippen molar-refractivity contribution >= 4 is 47.4 Å². The van der Waals surface area contributed by atoms with Gasteiger partial charge in [-0.1, -0.05) is 19.3 Å². The summed E-state index contributed by atoms with van der Waals surface area (Å²) in [6.45, 7) is 3.28. The number of nitrogens with one attached hydrogen (secondary N) is 1. The third-order valence-electron chi connectivity index (χ3n) is 4.98. The molecule has 10 heteroatoms. The molecule has 0 aromatic carbocycles. The van der Waals surface area contributed by atoms with Gasteiger partial charge in [-0.25, -0.2) is 0 Å². The lowest BCUT2D eigenvalue weighted by atomic mass is 9.87. The SMILES string of the molecule is CN=C(NCCn1cc([N+](=O)[O-])cn1)N1CCSC2(CCCCC2)C1.I. The van der Waals surface area contributed by atoms with Gasteiger partial charge in [0.25, 0.3) is 0 Å². The third-order valence-corrected chi connectivity index (χ3v) is 6.52. The van der Waals surface area contributed by atoms with Gasteiger partial charge in [0.2, 0.25) is 0 Å². The molecule has 0 atom stereocenters. The molecule has 3 rings (SSSR count). The van der Waals surface area contributed by atoms with E-state index in [1.165, 1.54) is 44.5 Å². The zero-order valence-electron chi connectivity index (χ0n) is 15.1. The Kier molecular flexibility index (Phi) is 7.99. The van der Waals surface area contributed by atoms with E-state index >= 15 is 0 Å². The first-order valence-corrected chi connectivity index (χ1v) is 9.87. The van der Waals surface area contributed by atoms with Crippen LogP contribution in [0.3, 0.4) is 0 Å². The molecule has 1 aliphatic heterocycles. The van der Waals surface area contributed by atoms with Gasteiger partial charge in [-0.2, -0.15) is 16.9 Å². The van der Waals surface area contributed by atoms with Gasteiger partial charge in [-0.05, 0) is 12.8 Å². The van der Waals surface area contributed by atoms with Crippen molar-refractivity contribution in [2.24, 2.45) is 4.99 Å². The third kappa shape index (κ3) is 5.24. The van der Waals surface area contributed by atoms with E-state index in [9.17, 15) is 10.1 Å². The van der Waals surface area contributed by atoms with Crippen LogP contribution < -0.4 is 5.32 Å². The van der Waals surface area contributed by atoms with Crippen molar-refractivity contribution in [2.75, 3.05) is 32.4 Å². The van der Waals surface area contributed by atoms with Crippen molar-refractivity contribution in [3.63, 3.8) is 0 Å². The van der Waals surface area contributed by atoms with Gasteiger partial charge < -0.3 is 10.2 Å². The molecule has 1 aliphatic carbocycles. The zero-order valence-corrected chi connectivity index (χ0v) is 18.2. The topological polar surface area (TPSA) is 88.6 Å². The number of hydrogen-bond donors (Lipinski definition) is 1. The Morgan fingerprint density at radius 1 is 1.46 bits per heavy atom. The van der Waals surface area contributed by atoms with Crippen molar-refractivity contribution in [2.45, 2.75) is 43.4 Å². The number of guanidine groups is 1. The van der Waals surface area contributed by atoms with Gasteiger partial charge in [0.1, 0.15) is 12.4 Å². The number of aromatic nitrogens is 2. The maximum Gasteiger partial charge on any atom is 0.306 e. The highest BCUT2D eigenvalue weighted by molar-refractivity contribution is 14.0. The van der Waals surface area contributed by atoms with Gasteiger partial charge in [0.05, 0.1) is 11.5 Å². The molecule has 1 saturated heterocycles. The maximum atomic E-state index is 10.7. The smallest absolute Gasteiger partial charge is 0.306 e. The summed E-state index contributed by atoms with van der Waals surface area (Å²) < 4.78 is 1.99. The van der Waals surface area contributed by atoms with Gasteiger partial charge in [-0.3, -0.25) is 19.8 Å². The average Bonchev–Trinajstić information content (AvgIpc) is 3.09. The highest BCUT2D eigenvalue weighted by Crippen LogP contribution is 2.42. The molecule has 8 nitrogen and oxygen atoms in total. The van der Waals surface area contributed by atoms with Gasteiger partial charge >= 0.3 is 5.69 Å². The van der Waals surface area contributed by atoms with Crippen LogP contribution in [0.15, 0.2) is 17.4 Å². The van der Waals surface area contributed by atoms with Gasteiger partial charge in [0.15, 0.2) is 5.96 Å². The summed E-state index contributed by atoms with van der Waals surface area (Å²) in [6.07, 6.45) is 9.40. The van der Waals surface area contributed by atoms with Crippen molar-refractivity contribution in [1.29, 1.82) is 0 Å². The minimum absolute atomic E-state index is 0. The molecule has 0 bridgehead atoms. The molecule has 2 aliphatic rings. The molecule has 1 N–H and O–H groups in total. The van der Waals surface area contributed by atoms with Crippen molar-refractivity contribution in [3.8, 4) is 0 Å². The molecule has 1 aromatic heterocycles. The van der Waals surface area contributed by atoms with Crippen LogP contribution in [0.4, 0.5) is 5.69 Å². The van der Waals surface area contributed by atoms with Crippen LogP contribution in [0, 0.1) is 10.1 Å². The molecule has 146 valence electrons. The lowest BCUT2D eigenvalue weighted by Gasteiger charge is -2.45. The van der Waals surface area contributed by atoms with Crippen LogP contribution in [-0.2, 0) is 6.54 Å². The summed E-state index contributed by atoms with van der Waals surface area (Å²) in [4.78, 5) is 17.1. The largest absolute Gasteiger partial charge is 0.354 e. The first kappa shape index (κ1) is 21.3. The van der Waals surface area contributed by atoms with E-state index in [4.69, 9.17) is 0 Å². The van der Waals surface area contributed by atoms with Crippen LogP contribution in [0.2, 0.25) is 0 Å². The van der Waals surface area contributed by atoms with E-state index in [1.807, 2.05) is 7.05 Å². The van der Waals surface area contributed by atoms with E-state index in [0.29, 0.717) is 17.8 Å². The standard InChI is InChI=1S/C16H26N6O2S.HI/c1-17-15(18-7-8-21-12-14(11-19-21)22(23)24)20-9-10-25-16(13-20)5-3-2-4-6-16;/h11-12H,2-10,13H2,1H3,(H,17,18);1H. The summed E-state index contributed by atoms with van der Waals surface area (Å²) >= 11 is 2.14. The second-order valence-electron chi connectivity index (χ2n) is 6.71. The van der Waals surface area contributed by atoms with Crippen LogP contribution >= 0.6 is 35.7 Å². The molecule has 26 heavy (non-hydrogen) atoms. The number of rotatable bonds is 4. The molecule has 0 amide bonds. The lowest BCUT2D eigenvalue weighted by Crippen LogP contribution is -2.53. The lowest BCUT2D eigenvalue weighted by molar-refractivity contribution is -0.385. The van der Waals surface area contributed by atoms with Gasteiger partial charge in [-0.15, -0.1) is 24.0 Å². The molecule has 1 aromatic rings. The van der Waals surface area contributed by atoms with E-state index < -0.39 is 4.92 Å². The summed E-state index contributed by atoms with van der Waals surface area (Å²) in [5.41, 5.74) is 0.0247. The van der Waals surface area contributed by atoms with Crippen molar-refractivity contribution in [1.82, 2.24) is 20.0 Å². The van der Waals surface area contributed by atoms with Crippen LogP contribution in [0.1, 0.15) is 32.1 Å². The molecule has 0 radical (unpaired) electrons. The predicted octanol–water partition coefficient (Wildman–Crippen LogP) is 2.74. The molecule has 2 fully saturated rings. The highest BCUT2D eigenvalue weighted by atomic mass is 127. The second kappa shape index (κ2) is 9.77. The first-order valence-electron chi connectivity index (χ1n) is 8.88. The minimum atomic E-state index is -0.426. The average molecular weight is 494 g/mol. The Balaban J connectivity index is 0.00000243. The maximum absolute atomic E-state index is 10.7. The van der Waals surface area contributed by atoms with Crippen LogP contribution in [0.25, 0.3) is 0 Å². The molecule has 0 unspecified atom stereocenters. The molecular weight excluding hydrogens is 467 g/mol. The van der Waals surface area contributed by atoms with Gasteiger partial charge in [0, 0.05) is 37.2 Å². The van der Waals surface area contributed by atoms with Crippen molar-refractivity contribution in [3.05, 3.63) is 22.5 Å². The Morgan fingerprint density at radius 2 is 2.23 bits per heavy atom. The minimum Gasteiger partial charge on any atom is -0.354 e. The fourth-order valence-electron chi connectivity index (χ4n) is 3.71. The highest BCUT2D eigenvalue weighted by Gasteiger charge is 2.38. The number of thioether (sulfide) groups is 1. The van der Waals surface area contributed by atoms with E-state index in [-0.39, 0.29) is 29.7 Å². The Hall–Kier alpha value is -1.04. The van der Waals surface area contributed by atoms with E-state index in [1.54, 1.807) is 4.68 Å². The fraction of sp³-hybridized carbons (Fsp3) is 0.750.